The van der Waals surface area contributed by atoms with Gasteiger partial charge in [-0.3, -0.25) is 4.79 Å². The summed E-state index contributed by atoms with van der Waals surface area (Å²) in [5, 5.41) is 0. The predicted molar refractivity (Wildman–Crippen MR) is 66.2 cm³/mol. The maximum Gasteiger partial charge on any atom is 0.146 e. The number of carbonyl (C=O) groups excluding carboxylic acids is 1. The van der Waals surface area contributed by atoms with Crippen LogP contribution in [0.1, 0.15) is 38.7 Å². The highest BCUT2D eigenvalue weighted by molar-refractivity contribution is 5.94. The first-order chi connectivity index (χ1) is 7.60. The van der Waals surface area contributed by atoms with Crippen molar-refractivity contribution < 1.29 is 4.79 Å². The molecule has 0 heterocycles. The number of carbonyl (C=O) groups is 1. The van der Waals surface area contributed by atoms with Crippen molar-refractivity contribution in [3.05, 3.63) is 29.8 Å². The van der Waals surface area contributed by atoms with Crippen LogP contribution in [0.2, 0.25) is 0 Å². The number of hydrogen-bond donors (Lipinski definition) is 1. The van der Waals surface area contributed by atoms with E-state index in [1.165, 1.54) is 0 Å². The van der Waals surface area contributed by atoms with Crippen molar-refractivity contribution in [1.82, 2.24) is 0 Å². The molecule has 16 heavy (non-hydrogen) atoms. The van der Waals surface area contributed by atoms with Crippen LogP contribution >= 0.6 is 0 Å². The van der Waals surface area contributed by atoms with E-state index < -0.39 is 0 Å². The van der Waals surface area contributed by atoms with Gasteiger partial charge < -0.3 is 5.73 Å². The number of nitrogen functional groups attached to an aromatic ring is 1. The van der Waals surface area contributed by atoms with Gasteiger partial charge in [-0.05, 0) is 37.0 Å². The van der Waals surface area contributed by atoms with Crippen LogP contribution in [0.3, 0.4) is 0 Å². The van der Waals surface area contributed by atoms with E-state index in [2.05, 4.69) is 6.92 Å². The van der Waals surface area contributed by atoms with Gasteiger partial charge in [-0.25, -0.2) is 0 Å². The summed E-state index contributed by atoms with van der Waals surface area (Å²) in [6.07, 6.45) is 2.93. The Morgan fingerprint density at radius 2 is 1.94 bits per heavy atom. The SMILES string of the molecule is CCC(C)C(=O)C1(c2ccc(N)cc2)CC1. The highest BCUT2D eigenvalue weighted by atomic mass is 16.1. The zero-order valence-electron chi connectivity index (χ0n) is 9.99. The predicted octanol–water partition coefficient (Wildman–Crippen LogP) is 2.92. The molecule has 1 aliphatic carbocycles. The van der Waals surface area contributed by atoms with E-state index >= 15 is 0 Å². The van der Waals surface area contributed by atoms with Crippen LogP contribution < -0.4 is 5.73 Å². The molecule has 1 aromatic rings. The van der Waals surface area contributed by atoms with Gasteiger partial charge in [0.25, 0.3) is 0 Å². The molecule has 1 aliphatic rings. The van der Waals surface area contributed by atoms with Gasteiger partial charge >= 0.3 is 0 Å². The number of Topliss-reactive ketones (excluding diaryl/α,β-unsaturated/α-hetero) is 1. The monoisotopic (exact) mass is 217 g/mol. The lowest BCUT2D eigenvalue weighted by Crippen LogP contribution is -2.26. The molecule has 1 atom stereocenters. The number of benzene rings is 1. The molecule has 0 radical (unpaired) electrons. The molecular weight excluding hydrogens is 198 g/mol. The van der Waals surface area contributed by atoms with Crippen LogP contribution in [0, 0.1) is 5.92 Å². The number of rotatable bonds is 4. The number of ketones is 1. The Kier molecular flexibility index (Phi) is 2.75. The van der Waals surface area contributed by atoms with Gasteiger partial charge in [-0.2, -0.15) is 0 Å². The van der Waals surface area contributed by atoms with Gasteiger partial charge in [0.15, 0.2) is 0 Å². The highest BCUT2D eigenvalue weighted by Crippen LogP contribution is 2.50. The zero-order chi connectivity index (χ0) is 11.8. The highest BCUT2D eigenvalue weighted by Gasteiger charge is 2.51. The Hall–Kier alpha value is -1.31. The molecule has 0 amide bonds. The second-order valence-electron chi connectivity index (χ2n) is 4.88. The first-order valence-corrected chi connectivity index (χ1v) is 6.00. The summed E-state index contributed by atoms with van der Waals surface area (Å²) in [6.45, 7) is 4.10. The fourth-order valence-electron chi connectivity index (χ4n) is 2.26. The van der Waals surface area contributed by atoms with Gasteiger partial charge in [-0.1, -0.05) is 26.0 Å². The topological polar surface area (TPSA) is 43.1 Å². The lowest BCUT2D eigenvalue weighted by molar-refractivity contribution is -0.125. The van der Waals surface area contributed by atoms with Gasteiger partial charge in [0, 0.05) is 11.6 Å². The first kappa shape index (κ1) is 11.2. The molecular formula is C14H19NO. The summed E-state index contributed by atoms with van der Waals surface area (Å²) in [5.74, 6) is 0.569. The molecule has 2 heteroatoms. The molecule has 0 aliphatic heterocycles. The van der Waals surface area contributed by atoms with Gasteiger partial charge in [0.2, 0.25) is 0 Å². The minimum atomic E-state index is -0.177. The molecule has 1 aromatic carbocycles. The fraction of sp³-hybridized carbons (Fsp3) is 0.500. The average molecular weight is 217 g/mol. The molecule has 0 spiro atoms. The average Bonchev–Trinajstić information content (AvgIpc) is 3.09. The minimum Gasteiger partial charge on any atom is -0.399 e. The van der Waals surface area contributed by atoms with Gasteiger partial charge in [0.05, 0.1) is 5.41 Å². The third-order valence-electron chi connectivity index (χ3n) is 3.74. The van der Waals surface area contributed by atoms with Crippen LogP contribution in [-0.4, -0.2) is 5.78 Å². The maximum absolute atomic E-state index is 12.3. The standard InChI is InChI=1S/C14H19NO/c1-3-10(2)13(16)14(8-9-14)11-4-6-12(15)7-5-11/h4-7,10H,3,8-9,15H2,1-2H3. The van der Waals surface area contributed by atoms with E-state index in [0.29, 0.717) is 5.78 Å². The second kappa shape index (κ2) is 3.93. The zero-order valence-corrected chi connectivity index (χ0v) is 9.99. The molecule has 0 saturated heterocycles. The second-order valence-corrected chi connectivity index (χ2v) is 4.88. The number of nitrogens with two attached hydrogens (primary N) is 1. The molecule has 1 fully saturated rings. The lowest BCUT2D eigenvalue weighted by atomic mass is 9.84. The quantitative estimate of drug-likeness (QED) is 0.788. The van der Waals surface area contributed by atoms with Gasteiger partial charge in [0.1, 0.15) is 5.78 Å². The van der Waals surface area contributed by atoms with E-state index in [1.807, 2.05) is 31.2 Å². The van der Waals surface area contributed by atoms with Gasteiger partial charge in [-0.15, -0.1) is 0 Å². The Labute approximate surface area is 96.8 Å². The molecule has 0 aromatic heterocycles. The summed E-state index contributed by atoms with van der Waals surface area (Å²) in [4.78, 5) is 12.3. The summed E-state index contributed by atoms with van der Waals surface area (Å²) >= 11 is 0. The smallest absolute Gasteiger partial charge is 0.146 e. The fourth-order valence-corrected chi connectivity index (χ4v) is 2.26. The molecule has 2 rings (SSSR count). The number of hydrogen-bond acceptors (Lipinski definition) is 2. The largest absolute Gasteiger partial charge is 0.399 e. The third-order valence-corrected chi connectivity index (χ3v) is 3.74. The Balaban J connectivity index is 2.26. The van der Waals surface area contributed by atoms with Crippen LogP contribution in [0.15, 0.2) is 24.3 Å². The van der Waals surface area contributed by atoms with Crippen LogP contribution in [0.4, 0.5) is 5.69 Å². The van der Waals surface area contributed by atoms with Crippen LogP contribution in [0.5, 0.6) is 0 Å². The molecule has 2 N–H and O–H groups in total. The van der Waals surface area contributed by atoms with Crippen molar-refractivity contribution in [1.29, 1.82) is 0 Å². The van der Waals surface area contributed by atoms with Crippen molar-refractivity contribution in [3.63, 3.8) is 0 Å². The van der Waals surface area contributed by atoms with E-state index in [1.54, 1.807) is 0 Å². The molecule has 1 unspecified atom stereocenters. The summed E-state index contributed by atoms with van der Waals surface area (Å²) in [7, 11) is 0. The van der Waals surface area contributed by atoms with Crippen LogP contribution in [-0.2, 0) is 10.2 Å². The minimum absolute atomic E-state index is 0.167. The molecule has 1 saturated carbocycles. The summed E-state index contributed by atoms with van der Waals surface area (Å²) in [5.41, 5.74) is 7.40. The normalized spacial score (nSPS) is 19.1. The van der Waals surface area contributed by atoms with Crippen molar-refractivity contribution in [2.75, 3.05) is 5.73 Å². The summed E-state index contributed by atoms with van der Waals surface area (Å²) < 4.78 is 0. The molecule has 2 nitrogen and oxygen atoms in total. The van der Waals surface area contributed by atoms with E-state index in [9.17, 15) is 4.79 Å². The van der Waals surface area contributed by atoms with Crippen molar-refractivity contribution in [2.45, 2.75) is 38.5 Å². The van der Waals surface area contributed by atoms with Crippen molar-refractivity contribution in [3.8, 4) is 0 Å². The number of anilines is 1. The van der Waals surface area contributed by atoms with E-state index in [-0.39, 0.29) is 11.3 Å². The summed E-state index contributed by atoms with van der Waals surface area (Å²) in [6, 6.07) is 7.78. The lowest BCUT2D eigenvalue weighted by Gasteiger charge is -2.18. The van der Waals surface area contributed by atoms with E-state index in [0.717, 1.165) is 30.5 Å². The Morgan fingerprint density at radius 3 is 2.38 bits per heavy atom. The first-order valence-electron chi connectivity index (χ1n) is 6.00. The van der Waals surface area contributed by atoms with Crippen molar-refractivity contribution in [2.24, 2.45) is 5.92 Å². The van der Waals surface area contributed by atoms with Crippen molar-refractivity contribution >= 4 is 11.5 Å². The third kappa shape index (κ3) is 1.73. The van der Waals surface area contributed by atoms with E-state index in [4.69, 9.17) is 5.73 Å². The Morgan fingerprint density at radius 1 is 1.38 bits per heavy atom. The Bertz CT molecular complexity index is 390. The maximum atomic E-state index is 12.3. The molecule has 0 bridgehead atoms. The molecule has 86 valence electrons. The van der Waals surface area contributed by atoms with Crippen LogP contribution in [0.25, 0.3) is 0 Å².